The number of hydrogen-bond donors (Lipinski definition) is 2. The normalized spacial score (nSPS) is 12.2. The molecule has 1 rings (SSSR count). The van der Waals surface area contributed by atoms with Crippen molar-refractivity contribution >= 4 is 11.6 Å². The van der Waals surface area contributed by atoms with Gasteiger partial charge in [-0.1, -0.05) is 6.92 Å². The molecule has 1 aromatic heterocycles. The maximum atomic E-state index is 5.26. The Morgan fingerprint density at radius 1 is 1.22 bits per heavy atom. The van der Waals surface area contributed by atoms with Gasteiger partial charge in [0.1, 0.15) is 18.0 Å². The van der Waals surface area contributed by atoms with E-state index in [0.29, 0.717) is 13.2 Å². The Morgan fingerprint density at radius 3 is 2.56 bits per heavy atom. The predicted molar refractivity (Wildman–Crippen MR) is 72.0 cm³/mol. The third-order valence-electron chi connectivity index (χ3n) is 2.42. The van der Waals surface area contributed by atoms with Gasteiger partial charge in [-0.25, -0.2) is 9.97 Å². The average molecular weight is 254 g/mol. The Hall–Kier alpha value is -1.40. The van der Waals surface area contributed by atoms with Crippen LogP contribution in [0.25, 0.3) is 0 Å². The first kappa shape index (κ1) is 14.7. The number of ether oxygens (including phenoxy) is 2. The second-order valence-electron chi connectivity index (χ2n) is 3.91. The van der Waals surface area contributed by atoms with Crippen molar-refractivity contribution in [3.8, 4) is 0 Å². The molecule has 6 heteroatoms. The van der Waals surface area contributed by atoms with Gasteiger partial charge in [-0.05, 0) is 6.42 Å². The van der Waals surface area contributed by atoms with Crippen molar-refractivity contribution in [2.75, 3.05) is 44.5 Å². The van der Waals surface area contributed by atoms with Crippen molar-refractivity contribution in [1.29, 1.82) is 0 Å². The molecule has 0 amide bonds. The quantitative estimate of drug-likeness (QED) is 0.694. The summed E-state index contributed by atoms with van der Waals surface area (Å²) in [7, 11) is 3.32. The van der Waals surface area contributed by atoms with Crippen LogP contribution in [0.3, 0.4) is 0 Å². The lowest BCUT2D eigenvalue weighted by molar-refractivity contribution is 0.0365. The highest BCUT2D eigenvalue weighted by molar-refractivity contribution is 5.46. The van der Waals surface area contributed by atoms with Gasteiger partial charge < -0.3 is 20.1 Å². The SMILES string of the molecule is CCCNc1cc(NCC(COC)OC)ncn1. The van der Waals surface area contributed by atoms with Gasteiger partial charge in [0, 0.05) is 33.4 Å². The van der Waals surface area contributed by atoms with Crippen LogP contribution in [0.1, 0.15) is 13.3 Å². The molecule has 0 fully saturated rings. The zero-order valence-corrected chi connectivity index (χ0v) is 11.3. The Balaban J connectivity index is 2.45. The van der Waals surface area contributed by atoms with Crippen LogP contribution in [-0.2, 0) is 9.47 Å². The molecule has 0 aliphatic rings. The molecule has 6 nitrogen and oxygen atoms in total. The van der Waals surface area contributed by atoms with E-state index in [0.717, 1.165) is 24.6 Å². The monoisotopic (exact) mass is 254 g/mol. The lowest BCUT2D eigenvalue weighted by Crippen LogP contribution is -2.26. The highest BCUT2D eigenvalue weighted by Gasteiger charge is 2.07. The molecular formula is C12H22N4O2. The molecule has 102 valence electrons. The minimum absolute atomic E-state index is 0.0111. The number of hydrogen-bond acceptors (Lipinski definition) is 6. The maximum Gasteiger partial charge on any atom is 0.131 e. The number of methoxy groups -OCH3 is 2. The summed E-state index contributed by atoms with van der Waals surface area (Å²) in [5.41, 5.74) is 0. The second kappa shape index (κ2) is 8.66. The molecule has 0 aliphatic carbocycles. The number of aromatic nitrogens is 2. The van der Waals surface area contributed by atoms with Gasteiger partial charge in [0.2, 0.25) is 0 Å². The number of anilines is 2. The summed E-state index contributed by atoms with van der Waals surface area (Å²) in [6.07, 6.45) is 2.61. The summed E-state index contributed by atoms with van der Waals surface area (Å²) >= 11 is 0. The van der Waals surface area contributed by atoms with Gasteiger partial charge in [0.15, 0.2) is 0 Å². The number of nitrogens with one attached hydrogen (secondary N) is 2. The van der Waals surface area contributed by atoms with Gasteiger partial charge in [-0.15, -0.1) is 0 Å². The molecule has 0 aliphatic heterocycles. The van der Waals surface area contributed by atoms with E-state index in [4.69, 9.17) is 9.47 Å². The van der Waals surface area contributed by atoms with E-state index in [2.05, 4.69) is 27.5 Å². The Bertz CT molecular complexity index is 336. The Labute approximate surface area is 108 Å². The van der Waals surface area contributed by atoms with E-state index in [1.54, 1.807) is 20.5 Å². The molecule has 0 aromatic carbocycles. The van der Waals surface area contributed by atoms with Gasteiger partial charge in [-0.2, -0.15) is 0 Å². The maximum absolute atomic E-state index is 5.26. The molecule has 1 heterocycles. The Kier molecular flexibility index (Phi) is 7.05. The van der Waals surface area contributed by atoms with Crippen molar-refractivity contribution in [2.24, 2.45) is 0 Å². The van der Waals surface area contributed by atoms with Crippen LogP contribution in [0.4, 0.5) is 11.6 Å². The van der Waals surface area contributed by atoms with E-state index in [1.165, 1.54) is 0 Å². The fraction of sp³-hybridized carbons (Fsp3) is 0.667. The van der Waals surface area contributed by atoms with Crippen molar-refractivity contribution in [3.05, 3.63) is 12.4 Å². The fourth-order valence-electron chi connectivity index (χ4n) is 1.42. The minimum Gasteiger partial charge on any atom is -0.382 e. The molecule has 0 spiro atoms. The molecule has 0 saturated carbocycles. The molecule has 1 atom stereocenters. The number of rotatable bonds is 9. The summed E-state index contributed by atoms with van der Waals surface area (Å²) < 4.78 is 10.3. The zero-order chi connectivity index (χ0) is 13.2. The zero-order valence-electron chi connectivity index (χ0n) is 11.3. The first-order valence-electron chi connectivity index (χ1n) is 6.11. The van der Waals surface area contributed by atoms with Crippen molar-refractivity contribution < 1.29 is 9.47 Å². The van der Waals surface area contributed by atoms with Gasteiger partial charge in [-0.3, -0.25) is 0 Å². The summed E-state index contributed by atoms with van der Waals surface area (Å²) in [4.78, 5) is 8.30. The van der Waals surface area contributed by atoms with Crippen LogP contribution in [0, 0.1) is 0 Å². The molecule has 1 aromatic rings. The van der Waals surface area contributed by atoms with Crippen LogP contribution in [0.5, 0.6) is 0 Å². The summed E-state index contributed by atoms with van der Waals surface area (Å²) in [6, 6.07) is 1.88. The van der Waals surface area contributed by atoms with Crippen molar-refractivity contribution in [2.45, 2.75) is 19.4 Å². The molecule has 0 radical (unpaired) electrons. The topological polar surface area (TPSA) is 68.3 Å². The number of nitrogens with zero attached hydrogens (tertiary/aromatic N) is 2. The van der Waals surface area contributed by atoms with Gasteiger partial charge >= 0.3 is 0 Å². The van der Waals surface area contributed by atoms with Crippen LogP contribution in [0.15, 0.2) is 12.4 Å². The first-order valence-corrected chi connectivity index (χ1v) is 6.11. The summed E-state index contributed by atoms with van der Waals surface area (Å²) in [6.45, 7) is 4.21. The third-order valence-corrected chi connectivity index (χ3v) is 2.42. The lowest BCUT2D eigenvalue weighted by atomic mass is 10.3. The van der Waals surface area contributed by atoms with Crippen molar-refractivity contribution in [3.63, 3.8) is 0 Å². The van der Waals surface area contributed by atoms with E-state index in [1.807, 2.05) is 6.07 Å². The van der Waals surface area contributed by atoms with Crippen molar-refractivity contribution in [1.82, 2.24) is 9.97 Å². The molecular weight excluding hydrogens is 232 g/mol. The highest BCUT2D eigenvalue weighted by atomic mass is 16.5. The molecule has 0 saturated heterocycles. The lowest BCUT2D eigenvalue weighted by Gasteiger charge is -2.15. The fourth-order valence-corrected chi connectivity index (χ4v) is 1.42. The molecule has 0 bridgehead atoms. The smallest absolute Gasteiger partial charge is 0.131 e. The second-order valence-corrected chi connectivity index (χ2v) is 3.91. The summed E-state index contributed by atoms with van der Waals surface area (Å²) in [5, 5.41) is 6.42. The summed E-state index contributed by atoms with van der Waals surface area (Å²) in [5.74, 6) is 1.61. The van der Waals surface area contributed by atoms with Gasteiger partial charge in [0.25, 0.3) is 0 Å². The van der Waals surface area contributed by atoms with E-state index in [9.17, 15) is 0 Å². The van der Waals surface area contributed by atoms with Crippen LogP contribution in [-0.4, -0.2) is 50.0 Å². The third kappa shape index (κ3) is 5.29. The highest BCUT2D eigenvalue weighted by Crippen LogP contribution is 2.08. The van der Waals surface area contributed by atoms with Gasteiger partial charge in [0.05, 0.1) is 12.7 Å². The average Bonchev–Trinajstić information content (AvgIpc) is 2.41. The minimum atomic E-state index is 0.0111. The standard InChI is InChI=1S/C12H22N4O2/c1-4-5-13-11-6-12(16-9-15-11)14-7-10(18-3)8-17-2/h6,9-10H,4-5,7-8H2,1-3H3,(H2,13,14,15,16). The van der Waals surface area contributed by atoms with Crippen LogP contribution >= 0.6 is 0 Å². The largest absolute Gasteiger partial charge is 0.382 e. The van der Waals surface area contributed by atoms with Crippen LogP contribution < -0.4 is 10.6 Å². The predicted octanol–water partition coefficient (Wildman–Crippen LogP) is 1.37. The Morgan fingerprint density at radius 2 is 1.94 bits per heavy atom. The van der Waals surface area contributed by atoms with Crippen LogP contribution in [0.2, 0.25) is 0 Å². The molecule has 18 heavy (non-hydrogen) atoms. The first-order chi connectivity index (χ1) is 8.80. The van der Waals surface area contributed by atoms with E-state index in [-0.39, 0.29) is 6.10 Å². The molecule has 2 N–H and O–H groups in total. The molecule has 1 unspecified atom stereocenters. The van der Waals surface area contributed by atoms with E-state index < -0.39 is 0 Å². The van der Waals surface area contributed by atoms with E-state index >= 15 is 0 Å².